The molecule has 0 unspecified atom stereocenters. The van der Waals surface area contributed by atoms with Gasteiger partial charge in [0.15, 0.2) is 0 Å². The van der Waals surface area contributed by atoms with Crippen LogP contribution in [0.4, 0.5) is 0 Å². The molecule has 12 heavy (non-hydrogen) atoms. The maximum Gasteiger partial charge on any atom is 0.252 e. The second-order valence-electron chi connectivity index (χ2n) is 2.24. The summed E-state index contributed by atoms with van der Waals surface area (Å²) in [6.45, 7) is 3.46. The molecule has 0 radical (unpaired) electrons. The Morgan fingerprint density at radius 3 is 1.58 bits per heavy atom. The van der Waals surface area contributed by atoms with Gasteiger partial charge in [-0.2, -0.15) is 0 Å². The number of nitrogens with zero attached hydrogens (tertiary/aromatic N) is 1. The summed E-state index contributed by atoms with van der Waals surface area (Å²) in [4.78, 5) is 23.1. The molecule has 0 aromatic rings. The quantitative estimate of drug-likeness (QED) is 0.578. The molecule has 0 aromatic heterocycles. The van der Waals surface area contributed by atoms with Crippen LogP contribution in [-0.2, 0) is 9.59 Å². The van der Waals surface area contributed by atoms with Crippen LogP contribution in [0.1, 0.15) is 13.8 Å². The summed E-state index contributed by atoms with van der Waals surface area (Å²) in [5.74, 6) is -0.610. The maximum atomic E-state index is 11.0. The van der Waals surface area contributed by atoms with Crippen molar-refractivity contribution in [3.8, 4) is 0 Å². The number of hydrogen-bond donors (Lipinski definition) is 0. The fourth-order valence-electron chi connectivity index (χ4n) is 0.617. The minimum atomic E-state index is -0.305. The van der Waals surface area contributed by atoms with Gasteiger partial charge < -0.3 is 0 Å². The van der Waals surface area contributed by atoms with E-state index in [1.54, 1.807) is 26.0 Å². The summed E-state index contributed by atoms with van der Waals surface area (Å²) in [6, 6.07) is 0. The summed E-state index contributed by atoms with van der Waals surface area (Å²) in [5.41, 5.74) is 0. The monoisotopic (exact) mass is 167 g/mol. The van der Waals surface area contributed by atoms with Gasteiger partial charge in [-0.25, -0.2) is 0 Å². The van der Waals surface area contributed by atoms with Crippen LogP contribution in [0.5, 0.6) is 0 Å². The van der Waals surface area contributed by atoms with Gasteiger partial charge in [-0.05, 0) is 26.0 Å². The lowest BCUT2D eigenvalue weighted by Gasteiger charge is -2.09. The van der Waals surface area contributed by atoms with E-state index in [2.05, 4.69) is 0 Å². The van der Waals surface area contributed by atoms with Gasteiger partial charge in [0.2, 0.25) is 0 Å². The van der Waals surface area contributed by atoms with Crippen LogP contribution in [0.2, 0.25) is 0 Å². The molecule has 0 saturated carbocycles. The van der Waals surface area contributed by atoms with E-state index in [4.69, 9.17) is 0 Å². The number of likely N-dealkylation sites (N-methyl/N-ethyl adjacent to an activating group) is 1. The minimum Gasteiger partial charge on any atom is -0.279 e. The van der Waals surface area contributed by atoms with Gasteiger partial charge in [0.1, 0.15) is 0 Å². The number of hydrogen-bond acceptors (Lipinski definition) is 2. The Labute approximate surface area is 72.4 Å². The normalized spacial score (nSPS) is 10.9. The average molecular weight is 167 g/mol. The molecule has 0 aromatic carbocycles. The zero-order valence-electron chi connectivity index (χ0n) is 7.57. The summed E-state index contributed by atoms with van der Waals surface area (Å²) >= 11 is 0. The van der Waals surface area contributed by atoms with Gasteiger partial charge in [0, 0.05) is 7.05 Å². The summed E-state index contributed by atoms with van der Waals surface area (Å²) in [6.07, 6.45) is 5.90. The second kappa shape index (κ2) is 5.29. The largest absolute Gasteiger partial charge is 0.279 e. The molecule has 0 N–H and O–H groups in total. The van der Waals surface area contributed by atoms with Crippen LogP contribution >= 0.6 is 0 Å². The van der Waals surface area contributed by atoms with Crippen molar-refractivity contribution in [1.29, 1.82) is 0 Å². The van der Waals surface area contributed by atoms with Crippen molar-refractivity contribution in [2.45, 2.75) is 13.8 Å². The first kappa shape index (κ1) is 10.6. The first-order valence-corrected chi connectivity index (χ1v) is 3.70. The Kier molecular flexibility index (Phi) is 4.69. The molecule has 0 aliphatic carbocycles. The third-order valence-electron chi connectivity index (χ3n) is 1.28. The van der Waals surface area contributed by atoms with E-state index in [-0.39, 0.29) is 11.8 Å². The van der Waals surface area contributed by atoms with Gasteiger partial charge in [-0.1, -0.05) is 12.2 Å². The maximum absolute atomic E-state index is 11.0. The van der Waals surface area contributed by atoms with Crippen molar-refractivity contribution in [3.05, 3.63) is 24.3 Å². The summed E-state index contributed by atoms with van der Waals surface area (Å²) in [7, 11) is 1.45. The first-order valence-electron chi connectivity index (χ1n) is 3.70. The topological polar surface area (TPSA) is 37.4 Å². The Morgan fingerprint density at radius 2 is 1.33 bits per heavy atom. The molecule has 0 fully saturated rings. The SMILES string of the molecule is CC=CC(=O)N(C)C(=O)C=CC. The fourth-order valence-corrected chi connectivity index (χ4v) is 0.617. The molecule has 3 heteroatoms. The van der Waals surface area contributed by atoms with Crippen molar-refractivity contribution in [1.82, 2.24) is 4.90 Å². The molecule has 66 valence electrons. The number of amides is 2. The molecule has 2 amide bonds. The van der Waals surface area contributed by atoms with Gasteiger partial charge in [-0.3, -0.25) is 14.5 Å². The predicted molar refractivity (Wildman–Crippen MR) is 47.4 cm³/mol. The molecule has 0 bridgehead atoms. The predicted octanol–water partition coefficient (Wildman–Crippen LogP) is 1.12. The van der Waals surface area contributed by atoms with Gasteiger partial charge in [0.25, 0.3) is 11.8 Å². The Morgan fingerprint density at radius 1 is 1.00 bits per heavy atom. The number of carbonyl (C=O) groups is 2. The average Bonchev–Trinajstić information content (AvgIpc) is 2.04. The Hall–Kier alpha value is -1.38. The van der Waals surface area contributed by atoms with Crippen LogP contribution in [-0.4, -0.2) is 23.8 Å². The van der Waals surface area contributed by atoms with Crippen molar-refractivity contribution in [3.63, 3.8) is 0 Å². The first-order chi connectivity index (χ1) is 5.63. The van der Waals surface area contributed by atoms with Gasteiger partial charge in [-0.15, -0.1) is 0 Å². The van der Waals surface area contributed by atoms with E-state index in [1.807, 2.05) is 0 Å². The van der Waals surface area contributed by atoms with Crippen molar-refractivity contribution in [2.75, 3.05) is 7.05 Å². The van der Waals surface area contributed by atoms with Crippen LogP contribution in [0, 0.1) is 0 Å². The fraction of sp³-hybridized carbons (Fsp3) is 0.333. The second-order valence-corrected chi connectivity index (χ2v) is 2.24. The van der Waals surface area contributed by atoms with Crippen molar-refractivity contribution < 1.29 is 9.59 Å². The van der Waals surface area contributed by atoms with E-state index in [0.29, 0.717) is 0 Å². The number of allylic oxidation sites excluding steroid dienone is 2. The van der Waals surface area contributed by atoms with E-state index in [1.165, 1.54) is 19.2 Å². The van der Waals surface area contributed by atoms with Crippen molar-refractivity contribution in [2.24, 2.45) is 0 Å². The zero-order chi connectivity index (χ0) is 9.56. The van der Waals surface area contributed by atoms with E-state index in [9.17, 15) is 9.59 Å². The van der Waals surface area contributed by atoms with Crippen LogP contribution in [0.25, 0.3) is 0 Å². The van der Waals surface area contributed by atoms with Crippen LogP contribution in [0.3, 0.4) is 0 Å². The van der Waals surface area contributed by atoms with Crippen LogP contribution < -0.4 is 0 Å². The highest BCUT2D eigenvalue weighted by atomic mass is 16.2. The highest BCUT2D eigenvalue weighted by Gasteiger charge is 2.09. The zero-order valence-corrected chi connectivity index (χ0v) is 7.57. The molecule has 0 heterocycles. The molecule has 0 spiro atoms. The van der Waals surface area contributed by atoms with Gasteiger partial charge in [0.05, 0.1) is 0 Å². The third-order valence-corrected chi connectivity index (χ3v) is 1.28. The lowest BCUT2D eigenvalue weighted by Crippen LogP contribution is -2.30. The smallest absolute Gasteiger partial charge is 0.252 e. The van der Waals surface area contributed by atoms with Crippen molar-refractivity contribution >= 4 is 11.8 Å². The van der Waals surface area contributed by atoms with E-state index >= 15 is 0 Å². The number of carbonyl (C=O) groups excluding carboxylic acids is 2. The molecule has 0 aliphatic rings. The lowest BCUT2D eigenvalue weighted by atomic mass is 10.4. The Balaban J connectivity index is 4.28. The number of rotatable bonds is 2. The standard InChI is InChI=1S/C9H13NO2/c1-4-6-8(11)10(3)9(12)7-5-2/h4-7H,1-3H3. The molecular formula is C9H13NO2. The molecule has 3 nitrogen and oxygen atoms in total. The molecular weight excluding hydrogens is 154 g/mol. The highest BCUT2D eigenvalue weighted by Crippen LogP contribution is 1.90. The van der Waals surface area contributed by atoms with Crippen LogP contribution in [0.15, 0.2) is 24.3 Å². The summed E-state index contributed by atoms with van der Waals surface area (Å²) in [5, 5.41) is 0. The Bertz CT molecular complexity index is 205. The highest BCUT2D eigenvalue weighted by molar-refractivity contribution is 6.04. The number of imide groups is 1. The van der Waals surface area contributed by atoms with E-state index in [0.717, 1.165) is 4.90 Å². The minimum absolute atomic E-state index is 0.305. The van der Waals surface area contributed by atoms with E-state index < -0.39 is 0 Å². The summed E-state index contributed by atoms with van der Waals surface area (Å²) < 4.78 is 0. The third kappa shape index (κ3) is 3.14. The molecule has 0 atom stereocenters. The molecule has 0 saturated heterocycles. The van der Waals surface area contributed by atoms with Gasteiger partial charge >= 0.3 is 0 Å². The molecule has 0 rings (SSSR count). The lowest BCUT2D eigenvalue weighted by molar-refractivity contribution is -0.137. The molecule has 0 aliphatic heterocycles.